The van der Waals surface area contributed by atoms with Gasteiger partial charge in [-0.25, -0.2) is 0 Å². The van der Waals surface area contributed by atoms with Crippen molar-refractivity contribution in [1.29, 1.82) is 0 Å². The summed E-state index contributed by atoms with van der Waals surface area (Å²) in [6, 6.07) is 0. The molecular formula is C9H17NO. The standard InChI is InChI=1S/C9H17NO/c1-8(2)7-11-9-3-5-10-6-4-9/h9-10H,1,3-7H2,2H3. The summed E-state index contributed by atoms with van der Waals surface area (Å²) in [6.45, 7) is 8.72. The van der Waals surface area contributed by atoms with Gasteiger partial charge in [0.1, 0.15) is 0 Å². The molecule has 0 aromatic heterocycles. The molecule has 64 valence electrons. The number of rotatable bonds is 3. The lowest BCUT2D eigenvalue weighted by Crippen LogP contribution is -2.32. The summed E-state index contributed by atoms with van der Waals surface area (Å²) in [7, 11) is 0. The van der Waals surface area contributed by atoms with Crippen LogP contribution >= 0.6 is 0 Å². The van der Waals surface area contributed by atoms with Crippen LogP contribution in [0.25, 0.3) is 0 Å². The summed E-state index contributed by atoms with van der Waals surface area (Å²) < 4.78 is 5.60. The average molecular weight is 155 g/mol. The van der Waals surface area contributed by atoms with E-state index in [0.29, 0.717) is 6.10 Å². The maximum Gasteiger partial charge on any atom is 0.0675 e. The number of hydrogen-bond donors (Lipinski definition) is 1. The SMILES string of the molecule is C=C(C)COC1CCNCC1. The molecule has 0 bridgehead atoms. The Morgan fingerprint density at radius 3 is 2.73 bits per heavy atom. The fraction of sp³-hybridized carbons (Fsp3) is 0.778. The molecule has 0 atom stereocenters. The van der Waals surface area contributed by atoms with Crippen molar-refractivity contribution in [2.45, 2.75) is 25.9 Å². The van der Waals surface area contributed by atoms with Crippen LogP contribution in [0.15, 0.2) is 12.2 Å². The molecule has 1 N–H and O–H groups in total. The van der Waals surface area contributed by atoms with E-state index in [1.807, 2.05) is 6.92 Å². The maximum absolute atomic E-state index is 5.60. The maximum atomic E-state index is 5.60. The zero-order chi connectivity index (χ0) is 8.10. The molecule has 2 nitrogen and oxygen atoms in total. The van der Waals surface area contributed by atoms with Crippen molar-refractivity contribution in [1.82, 2.24) is 5.32 Å². The minimum atomic E-state index is 0.466. The van der Waals surface area contributed by atoms with Crippen molar-refractivity contribution in [3.8, 4) is 0 Å². The second kappa shape index (κ2) is 4.52. The Hall–Kier alpha value is -0.340. The Labute approximate surface area is 68.6 Å². The number of ether oxygens (including phenoxy) is 1. The van der Waals surface area contributed by atoms with E-state index < -0.39 is 0 Å². The fourth-order valence-electron chi connectivity index (χ4n) is 1.22. The predicted octanol–water partition coefficient (Wildman–Crippen LogP) is 1.33. The van der Waals surface area contributed by atoms with Gasteiger partial charge in [-0.1, -0.05) is 12.2 Å². The molecule has 1 saturated heterocycles. The van der Waals surface area contributed by atoms with Crippen LogP contribution in [0.4, 0.5) is 0 Å². The van der Waals surface area contributed by atoms with E-state index in [-0.39, 0.29) is 0 Å². The van der Waals surface area contributed by atoms with Gasteiger partial charge in [-0.2, -0.15) is 0 Å². The molecule has 1 fully saturated rings. The molecule has 1 heterocycles. The number of piperidine rings is 1. The van der Waals surface area contributed by atoms with Gasteiger partial charge in [0.15, 0.2) is 0 Å². The van der Waals surface area contributed by atoms with Crippen LogP contribution < -0.4 is 5.32 Å². The average Bonchev–Trinajstić information content (AvgIpc) is 2.03. The van der Waals surface area contributed by atoms with Crippen LogP contribution in [0.3, 0.4) is 0 Å². The van der Waals surface area contributed by atoms with Crippen LogP contribution in [0.1, 0.15) is 19.8 Å². The topological polar surface area (TPSA) is 21.3 Å². The van der Waals surface area contributed by atoms with E-state index in [4.69, 9.17) is 4.74 Å². The Morgan fingerprint density at radius 2 is 2.18 bits per heavy atom. The number of hydrogen-bond acceptors (Lipinski definition) is 2. The van der Waals surface area contributed by atoms with Gasteiger partial charge in [0.2, 0.25) is 0 Å². The fourth-order valence-corrected chi connectivity index (χ4v) is 1.22. The van der Waals surface area contributed by atoms with E-state index in [1.165, 1.54) is 0 Å². The Kier molecular flexibility index (Phi) is 3.60. The van der Waals surface area contributed by atoms with Crippen LogP contribution in [0, 0.1) is 0 Å². The molecule has 0 aliphatic carbocycles. The quantitative estimate of drug-likeness (QED) is 0.621. The molecule has 0 spiro atoms. The first-order valence-corrected chi connectivity index (χ1v) is 4.26. The molecule has 2 heteroatoms. The lowest BCUT2D eigenvalue weighted by Gasteiger charge is -2.22. The molecule has 0 saturated carbocycles. The monoisotopic (exact) mass is 155 g/mol. The normalized spacial score (nSPS) is 20.1. The van der Waals surface area contributed by atoms with Gasteiger partial charge in [-0.3, -0.25) is 0 Å². The molecule has 1 aliphatic heterocycles. The smallest absolute Gasteiger partial charge is 0.0675 e. The second-order valence-electron chi connectivity index (χ2n) is 3.22. The lowest BCUT2D eigenvalue weighted by atomic mass is 10.1. The van der Waals surface area contributed by atoms with Crippen LogP contribution in [0.2, 0.25) is 0 Å². The third kappa shape index (κ3) is 3.54. The van der Waals surface area contributed by atoms with Gasteiger partial charge in [-0.05, 0) is 32.9 Å². The zero-order valence-electron chi connectivity index (χ0n) is 7.23. The van der Waals surface area contributed by atoms with E-state index in [0.717, 1.165) is 38.1 Å². The predicted molar refractivity (Wildman–Crippen MR) is 46.7 cm³/mol. The summed E-state index contributed by atoms with van der Waals surface area (Å²) >= 11 is 0. The van der Waals surface area contributed by atoms with Crippen molar-refractivity contribution >= 4 is 0 Å². The van der Waals surface area contributed by atoms with E-state index >= 15 is 0 Å². The Morgan fingerprint density at radius 1 is 1.55 bits per heavy atom. The highest BCUT2D eigenvalue weighted by atomic mass is 16.5. The highest BCUT2D eigenvalue weighted by molar-refractivity contribution is 4.88. The van der Waals surface area contributed by atoms with Crippen molar-refractivity contribution in [3.63, 3.8) is 0 Å². The van der Waals surface area contributed by atoms with Gasteiger partial charge in [-0.15, -0.1) is 0 Å². The van der Waals surface area contributed by atoms with Crippen molar-refractivity contribution in [3.05, 3.63) is 12.2 Å². The largest absolute Gasteiger partial charge is 0.374 e. The molecule has 0 amide bonds. The van der Waals surface area contributed by atoms with Gasteiger partial charge in [0.25, 0.3) is 0 Å². The van der Waals surface area contributed by atoms with Gasteiger partial charge in [0.05, 0.1) is 12.7 Å². The van der Waals surface area contributed by atoms with Crippen LogP contribution in [-0.2, 0) is 4.74 Å². The van der Waals surface area contributed by atoms with Gasteiger partial charge in [0, 0.05) is 0 Å². The first kappa shape index (κ1) is 8.75. The van der Waals surface area contributed by atoms with E-state index in [1.54, 1.807) is 0 Å². The zero-order valence-corrected chi connectivity index (χ0v) is 7.23. The molecule has 11 heavy (non-hydrogen) atoms. The summed E-state index contributed by atoms with van der Waals surface area (Å²) in [5.41, 5.74) is 1.11. The van der Waals surface area contributed by atoms with Crippen LogP contribution in [-0.4, -0.2) is 25.8 Å². The highest BCUT2D eigenvalue weighted by Gasteiger charge is 2.12. The molecule has 0 radical (unpaired) electrons. The molecular weight excluding hydrogens is 138 g/mol. The van der Waals surface area contributed by atoms with E-state index in [2.05, 4.69) is 11.9 Å². The summed E-state index contributed by atoms with van der Waals surface area (Å²) in [4.78, 5) is 0. The third-order valence-corrected chi connectivity index (χ3v) is 1.85. The van der Waals surface area contributed by atoms with Crippen molar-refractivity contribution in [2.24, 2.45) is 0 Å². The Balaban J connectivity index is 2.09. The van der Waals surface area contributed by atoms with Crippen molar-refractivity contribution in [2.75, 3.05) is 19.7 Å². The third-order valence-electron chi connectivity index (χ3n) is 1.85. The first-order chi connectivity index (χ1) is 5.29. The highest BCUT2D eigenvalue weighted by Crippen LogP contribution is 2.07. The van der Waals surface area contributed by atoms with Crippen molar-refractivity contribution < 1.29 is 4.74 Å². The minimum absolute atomic E-state index is 0.466. The summed E-state index contributed by atoms with van der Waals surface area (Å²) in [6.07, 6.45) is 2.76. The molecule has 0 aromatic carbocycles. The van der Waals surface area contributed by atoms with E-state index in [9.17, 15) is 0 Å². The molecule has 1 rings (SSSR count). The number of nitrogens with one attached hydrogen (secondary N) is 1. The van der Waals surface area contributed by atoms with Gasteiger partial charge < -0.3 is 10.1 Å². The lowest BCUT2D eigenvalue weighted by molar-refractivity contribution is 0.0477. The van der Waals surface area contributed by atoms with Crippen LogP contribution in [0.5, 0.6) is 0 Å². The molecule has 1 aliphatic rings. The summed E-state index contributed by atoms with van der Waals surface area (Å²) in [5, 5.41) is 3.30. The van der Waals surface area contributed by atoms with Gasteiger partial charge >= 0.3 is 0 Å². The Bertz CT molecular complexity index is 128. The summed E-state index contributed by atoms with van der Waals surface area (Å²) in [5.74, 6) is 0. The molecule has 0 unspecified atom stereocenters. The second-order valence-corrected chi connectivity index (χ2v) is 3.22. The minimum Gasteiger partial charge on any atom is -0.374 e. The molecule has 0 aromatic rings. The first-order valence-electron chi connectivity index (χ1n) is 4.26.